The standard InChI is InChI=1S/C12H25NO4/c13-9(8-4-2-1-3-5-8)6-10(15)12(17)11(16)7-14/h8-12,14-17H,1-7,13H2/t9?,10-,11-,12+/m1/s1. The summed E-state index contributed by atoms with van der Waals surface area (Å²) in [5.74, 6) is 0.400. The zero-order valence-electron chi connectivity index (χ0n) is 10.2. The van der Waals surface area contributed by atoms with Gasteiger partial charge in [-0.05, 0) is 25.2 Å². The highest BCUT2D eigenvalue weighted by Gasteiger charge is 2.29. The highest BCUT2D eigenvalue weighted by molar-refractivity contribution is 4.83. The van der Waals surface area contributed by atoms with Gasteiger partial charge < -0.3 is 26.2 Å². The summed E-state index contributed by atoms with van der Waals surface area (Å²) < 4.78 is 0. The van der Waals surface area contributed by atoms with Crippen molar-refractivity contribution in [2.75, 3.05) is 6.61 Å². The van der Waals surface area contributed by atoms with Crippen molar-refractivity contribution >= 4 is 0 Å². The maximum Gasteiger partial charge on any atom is 0.108 e. The van der Waals surface area contributed by atoms with E-state index in [1.807, 2.05) is 0 Å². The van der Waals surface area contributed by atoms with Crippen molar-refractivity contribution in [2.45, 2.75) is 62.9 Å². The van der Waals surface area contributed by atoms with Crippen LogP contribution in [0, 0.1) is 5.92 Å². The summed E-state index contributed by atoms with van der Waals surface area (Å²) in [4.78, 5) is 0. The summed E-state index contributed by atoms with van der Waals surface area (Å²) in [6.45, 7) is -0.559. The molecule has 0 aliphatic heterocycles. The van der Waals surface area contributed by atoms with Gasteiger partial charge in [0.1, 0.15) is 12.2 Å². The van der Waals surface area contributed by atoms with Crippen molar-refractivity contribution in [3.05, 3.63) is 0 Å². The first-order valence-corrected chi connectivity index (χ1v) is 6.47. The largest absolute Gasteiger partial charge is 0.394 e. The Hall–Kier alpha value is -0.200. The van der Waals surface area contributed by atoms with Gasteiger partial charge in [0.2, 0.25) is 0 Å². The average Bonchev–Trinajstić information content (AvgIpc) is 2.37. The molecule has 4 atom stereocenters. The van der Waals surface area contributed by atoms with Gasteiger partial charge in [0.15, 0.2) is 0 Å². The first-order valence-electron chi connectivity index (χ1n) is 6.47. The monoisotopic (exact) mass is 247 g/mol. The molecule has 1 aliphatic carbocycles. The Morgan fingerprint density at radius 1 is 1.00 bits per heavy atom. The Morgan fingerprint density at radius 2 is 1.59 bits per heavy atom. The van der Waals surface area contributed by atoms with Gasteiger partial charge in [0.05, 0.1) is 12.7 Å². The van der Waals surface area contributed by atoms with Gasteiger partial charge in [-0.1, -0.05) is 19.3 Å². The van der Waals surface area contributed by atoms with Crippen LogP contribution >= 0.6 is 0 Å². The minimum Gasteiger partial charge on any atom is -0.394 e. The van der Waals surface area contributed by atoms with Crippen molar-refractivity contribution in [1.82, 2.24) is 0 Å². The van der Waals surface area contributed by atoms with Crippen LogP contribution in [0.3, 0.4) is 0 Å². The quantitative estimate of drug-likeness (QED) is 0.429. The molecule has 1 aliphatic rings. The zero-order chi connectivity index (χ0) is 12.8. The first-order chi connectivity index (χ1) is 8.06. The van der Waals surface area contributed by atoms with E-state index in [1.54, 1.807) is 0 Å². The predicted octanol–water partition coefficient (Wildman–Crippen LogP) is -0.641. The van der Waals surface area contributed by atoms with Crippen LogP contribution in [0.5, 0.6) is 0 Å². The van der Waals surface area contributed by atoms with Crippen molar-refractivity contribution in [3.8, 4) is 0 Å². The molecule has 1 saturated carbocycles. The third-order valence-corrected chi connectivity index (χ3v) is 3.74. The number of rotatable bonds is 6. The van der Waals surface area contributed by atoms with E-state index in [0.29, 0.717) is 5.92 Å². The predicted molar refractivity (Wildman–Crippen MR) is 64.3 cm³/mol. The minimum atomic E-state index is -1.32. The van der Waals surface area contributed by atoms with Crippen molar-refractivity contribution in [3.63, 3.8) is 0 Å². The molecule has 0 heterocycles. The van der Waals surface area contributed by atoms with Gasteiger partial charge in [-0.15, -0.1) is 0 Å². The van der Waals surface area contributed by atoms with E-state index in [1.165, 1.54) is 19.3 Å². The molecule has 1 unspecified atom stereocenters. The van der Waals surface area contributed by atoms with E-state index in [2.05, 4.69) is 0 Å². The lowest BCUT2D eigenvalue weighted by molar-refractivity contribution is -0.0813. The molecule has 0 amide bonds. The maximum atomic E-state index is 9.72. The molecule has 6 N–H and O–H groups in total. The van der Waals surface area contributed by atoms with E-state index in [4.69, 9.17) is 10.8 Å². The molecule has 17 heavy (non-hydrogen) atoms. The van der Waals surface area contributed by atoms with E-state index in [9.17, 15) is 15.3 Å². The van der Waals surface area contributed by atoms with Crippen LogP contribution in [-0.4, -0.2) is 51.4 Å². The molecule has 0 saturated heterocycles. The molecule has 0 bridgehead atoms. The van der Waals surface area contributed by atoms with Crippen molar-refractivity contribution in [1.29, 1.82) is 0 Å². The normalized spacial score (nSPS) is 25.2. The van der Waals surface area contributed by atoms with Crippen LogP contribution < -0.4 is 5.73 Å². The SMILES string of the molecule is NC(C[C@@H](O)[C@H](O)[C@H](O)CO)C1CCCCC1. The Morgan fingerprint density at radius 3 is 2.12 bits per heavy atom. The summed E-state index contributed by atoms with van der Waals surface area (Å²) in [5.41, 5.74) is 6.01. The summed E-state index contributed by atoms with van der Waals surface area (Å²) in [7, 11) is 0. The van der Waals surface area contributed by atoms with Crippen LogP contribution in [0.2, 0.25) is 0 Å². The first kappa shape index (κ1) is 14.9. The topological polar surface area (TPSA) is 107 Å². The number of hydrogen-bond acceptors (Lipinski definition) is 5. The number of aliphatic hydroxyl groups is 4. The lowest BCUT2D eigenvalue weighted by atomic mass is 9.81. The number of hydrogen-bond donors (Lipinski definition) is 5. The van der Waals surface area contributed by atoms with E-state index < -0.39 is 24.9 Å². The molecule has 0 spiro atoms. The van der Waals surface area contributed by atoms with Crippen LogP contribution in [0.1, 0.15) is 38.5 Å². The summed E-state index contributed by atoms with van der Waals surface area (Å²) in [6.07, 6.45) is 2.32. The summed E-state index contributed by atoms with van der Waals surface area (Å²) in [5, 5.41) is 37.1. The molecule has 102 valence electrons. The molecule has 5 heteroatoms. The maximum absolute atomic E-state index is 9.72. The molecule has 0 radical (unpaired) electrons. The third kappa shape index (κ3) is 4.52. The molecule has 0 aromatic heterocycles. The molecule has 1 rings (SSSR count). The average molecular weight is 247 g/mol. The van der Waals surface area contributed by atoms with Crippen LogP contribution in [0.15, 0.2) is 0 Å². The van der Waals surface area contributed by atoms with Gasteiger partial charge in [-0.2, -0.15) is 0 Å². The van der Waals surface area contributed by atoms with E-state index >= 15 is 0 Å². The highest BCUT2D eigenvalue weighted by atomic mass is 16.4. The Kier molecular flexibility index (Phi) is 6.37. The Balaban J connectivity index is 2.35. The summed E-state index contributed by atoms with van der Waals surface area (Å²) in [6, 6.07) is -0.147. The van der Waals surface area contributed by atoms with Gasteiger partial charge in [0.25, 0.3) is 0 Å². The fourth-order valence-electron chi connectivity index (χ4n) is 2.54. The minimum absolute atomic E-state index is 0.147. The molecule has 5 nitrogen and oxygen atoms in total. The van der Waals surface area contributed by atoms with Gasteiger partial charge in [0, 0.05) is 6.04 Å². The molecular formula is C12H25NO4. The van der Waals surface area contributed by atoms with Crippen LogP contribution in [0.25, 0.3) is 0 Å². The van der Waals surface area contributed by atoms with E-state index in [0.717, 1.165) is 12.8 Å². The molecular weight excluding hydrogens is 222 g/mol. The van der Waals surface area contributed by atoms with Crippen molar-refractivity contribution < 1.29 is 20.4 Å². The molecule has 1 fully saturated rings. The fourth-order valence-corrected chi connectivity index (χ4v) is 2.54. The smallest absolute Gasteiger partial charge is 0.108 e. The molecule has 0 aromatic rings. The number of nitrogens with two attached hydrogens (primary N) is 1. The number of aliphatic hydroxyl groups excluding tert-OH is 4. The second kappa shape index (κ2) is 7.28. The second-order valence-electron chi connectivity index (χ2n) is 5.11. The van der Waals surface area contributed by atoms with Crippen LogP contribution in [0.4, 0.5) is 0 Å². The van der Waals surface area contributed by atoms with E-state index in [-0.39, 0.29) is 12.5 Å². The fraction of sp³-hybridized carbons (Fsp3) is 1.00. The van der Waals surface area contributed by atoms with Crippen LogP contribution in [-0.2, 0) is 0 Å². The van der Waals surface area contributed by atoms with Gasteiger partial charge in [-0.3, -0.25) is 0 Å². The van der Waals surface area contributed by atoms with Gasteiger partial charge >= 0.3 is 0 Å². The third-order valence-electron chi connectivity index (χ3n) is 3.74. The summed E-state index contributed by atoms with van der Waals surface area (Å²) >= 11 is 0. The molecule has 0 aromatic carbocycles. The van der Waals surface area contributed by atoms with Gasteiger partial charge in [-0.25, -0.2) is 0 Å². The van der Waals surface area contributed by atoms with Crippen molar-refractivity contribution in [2.24, 2.45) is 11.7 Å². The lowest BCUT2D eigenvalue weighted by Crippen LogP contribution is -2.44. The Labute approximate surface area is 102 Å². The Bertz CT molecular complexity index is 203. The lowest BCUT2D eigenvalue weighted by Gasteiger charge is -2.30. The highest BCUT2D eigenvalue weighted by Crippen LogP contribution is 2.27. The zero-order valence-corrected chi connectivity index (χ0v) is 10.2. The second-order valence-corrected chi connectivity index (χ2v) is 5.11.